The Bertz CT molecular complexity index is 1330. The molecule has 1 atom stereocenters. The number of hydrogen-bond acceptors (Lipinski definition) is 8. The van der Waals surface area contributed by atoms with Crippen molar-refractivity contribution < 1.29 is 23.6 Å². The smallest absolute Gasteiger partial charge is 0.290 e. The van der Waals surface area contributed by atoms with Crippen molar-refractivity contribution in [1.82, 2.24) is 9.80 Å². The van der Waals surface area contributed by atoms with Gasteiger partial charge in [-0.15, -0.1) is 0 Å². The number of amides is 1. The number of non-ortho nitro benzene ring substituents is 1. The number of nitro groups is 1. The molecule has 1 aromatic heterocycles. The first-order chi connectivity index (χ1) is 17.0. The Morgan fingerprint density at radius 1 is 1.09 bits per heavy atom. The molecule has 0 N–H and O–H groups in total. The Morgan fingerprint density at radius 3 is 2.51 bits per heavy atom. The summed E-state index contributed by atoms with van der Waals surface area (Å²) < 4.78 is 16.9. The molecule has 1 fully saturated rings. The monoisotopic (exact) mass is 479 g/mol. The Kier molecular flexibility index (Phi) is 6.23. The van der Waals surface area contributed by atoms with Gasteiger partial charge in [0.2, 0.25) is 5.76 Å². The highest BCUT2D eigenvalue weighted by atomic mass is 16.6. The van der Waals surface area contributed by atoms with Crippen LogP contribution in [-0.2, 0) is 4.74 Å². The lowest BCUT2D eigenvalue weighted by Gasteiger charge is -2.31. The molecule has 0 spiro atoms. The molecule has 1 saturated heterocycles. The molecule has 2 aliphatic heterocycles. The van der Waals surface area contributed by atoms with Crippen molar-refractivity contribution in [1.29, 1.82) is 0 Å². The molecule has 0 radical (unpaired) electrons. The van der Waals surface area contributed by atoms with Crippen LogP contribution in [-0.4, -0.2) is 66.6 Å². The average molecular weight is 479 g/mol. The summed E-state index contributed by atoms with van der Waals surface area (Å²) in [5.41, 5.74) is 0.789. The summed E-state index contributed by atoms with van der Waals surface area (Å²) in [6.45, 7) is 6.07. The lowest BCUT2D eigenvalue weighted by atomic mass is 9.98. The summed E-state index contributed by atoms with van der Waals surface area (Å²) in [4.78, 5) is 41.7. The Labute approximate surface area is 200 Å². The average Bonchev–Trinajstić information content (AvgIpc) is 3.15. The predicted molar refractivity (Wildman–Crippen MR) is 127 cm³/mol. The molecular weight excluding hydrogens is 454 g/mol. The quantitative estimate of drug-likeness (QED) is 0.375. The van der Waals surface area contributed by atoms with E-state index in [1.54, 1.807) is 35.2 Å². The van der Waals surface area contributed by atoms with E-state index in [0.29, 0.717) is 49.6 Å². The van der Waals surface area contributed by atoms with Crippen molar-refractivity contribution in [3.05, 3.63) is 79.7 Å². The maximum Gasteiger partial charge on any atom is 0.290 e. The lowest BCUT2D eigenvalue weighted by Crippen LogP contribution is -2.42. The molecule has 0 aliphatic carbocycles. The second kappa shape index (κ2) is 9.47. The molecule has 1 unspecified atom stereocenters. The van der Waals surface area contributed by atoms with Crippen LogP contribution in [0.1, 0.15) is 34.6 Å². The van der Waals surface area contributed by atoms with Gasteiger partial charge < -0.3 is 18.8 Å². The summed E-state index contributed by atoms with van der Waals surface area (Å²) in [6.07, 6.45) is 0. The summed E-state index contributed by atoms with van der Waals surface area (Å²) in [7, 11) is 0. The molecule has 3 aromatic rings. The van der Waals surface area contributed by atoms with Gasteiger partial charge >= 0.3 is 0 Å². The van der Waals surface area contributed by atoms with Crippen molar-refractivity contribution in [3.63, 3.8) is 0 Å². The molecule has 10 nitrogen and oxygen atoms in total. The fraction of sp³-hybridized carbons (Fsp3) is 0.360. The number of hydrogen-bond donors (Lipinski definition) is 0. The van der Waals surface area contributed by atoms with E-state index in [0.717, 1.165) is 13.1 Å². The first kappa shape index (κ1) is 23.0. The van der Waals surface area contributed by atoms with Crippen LogP contribution >= 0.6 is 0 Å². The molecule has 5 rings (SSSR count). The number of benzene rings is 2. The number of carbonyl (C=O) groups excluding carboxylic acids is 1. The van der Waals surface area contributed by atoms with Crippen LogP contribution in [0.25, 0.3) is 11.0 Å². The van der Waals surface area contributed by atoms with Crippen LogP contribution in [0.5, 0.6) is 5.75 Å². The fourth-order valence-corrected chi connectivity index (χ4v) is 4.68. The van der Waals surface area contributed by atoms with Gasteiger partial charge in [0.1, 0.15) is 11.3 Å². The summed E-state index contributed by atoms with van der Waals surface area (Å²) in [6, 6.07) is 10.2. The van der Waals surface area contributed by atoms with Gasteiger partial charge in [-0.2, -0.15) is 0 Å². The first-order valence-electron chi connectivity index (χ1n) is 11.6. The molecule has 2 aromatic carbocycles. The van der Waals surface area contributed by atoms with Crippen LogP contribution < -0.4 is 10.2 Å². The van der Waals surface area contributed by atoms with Gasteiger partial charge in [-0.1, -0.05) is 0 Å². The SMILES string of the molecule is CCOc1ccc2c(=O)c3c(oc2c1)C(=O)N(CCN1CCOCC1)C3c1ccc([N+](=O)[O-])cc1. The standard InChI is InChI=1S/C25H25N3O7/c1-2-34-18-7-8-19-20(15-18)35-24-21(23(19)29)22(16-3-5-17(6-4-16)28(31)32)27(25(24)30)10-9-26-11-13-33-14-12-26/h3-8,15,22H,2,9-14H2,1H3. The molecule has 0 bridgehead atoms. The van der Waals surface area contributed by atoms with Crippen molar-refractivity contribution in [2.24, 2.45) is 0 Å². The van der Waals surface area contributed by atoms with Crippen LogP contribution in [0.3, 0.4) is 0 Å². The van der Waals surface area contributed by atoms with Gasteiger partial charge in [0.05, 0.1) is 41.7 Å². The zero-order chi connectivity index (χ0) is 24.5. The minimum Gasteiger partial charge on any atom is -0.494 e. The van der Waals surface area contributed by atoms with Crippen molar-refractivity contribution in [3.8, 4) is 5.75 Å². The van der Waals surface area contributed by atoms with E-state index in [9.17, 15) is 19.7 Å². The number of ether oxygens (including phenoxy) is 2. The Hall–Kier alpha value is -3.76. The number of nitro benzene ring substituents is 1. The first-order valence-corrected chi connectivity index (χ1v) is 11.6. The van der Waals surface area contributed by atoms with Crippen molar-refractivity contribution in [2.45, 2.75) is 13.0 Å². The van der Waals surface area contributed by atoms with E-state index in [1.165, 1.54) is 12.1 Å². The van der Waals surface area contributed by atoms with Gasteiger partial charge in [-0.25, -0.2) is 0 Å². The van der Waals surface area contributed by atoms with E-state index in [4.69, 9.17) is 13.9 Å². The molecule has 3 heterocycles. The van der Waals surface area contributed by atoms with Crippen molar-refractivity contribution in [2.75, 3.05) is 46.0 Å². The van der Waals surface area contributed by atoms with Crippen LogP contribution in [0.4, 0.5) is 5.69 Å². The van der Waals surface area contributed by atoms with Gasteiger partial charge in [-0.3, -0.25) is 24.6 Å². The van der Waals surface area contributed by atoms with Gasteiger partial charge in [0.25, 0.3) is 11.6 Å². The van der Waals surface area contributed by atoms with Crippen LogP contribution in [0.15, 0.2) is 51.7 Å². The topological polar surface area (TPSA) is 115 Å². The summed E-state index contributed by atoms with van der Waals surface area (Å²) >= 11 is 0. The minimum absolute atomic E-state index is 0.00137. The number of morpholine rings is 1. The predicted octanol–water partition coefficient (Wildman–Crippen LogP) is 2.98. The zero-order valence-electron chi connectivity index (χ0n) is 19.3. The number of nitrogens with zero attached hydrogens (tertiary/aromatic N) is 3. The molecular formula is C25H25N3O7. The minimum atomic E-state index is -0.702. The van der Waals surface area contributed by atoms with E-state index >= 15 is 0 Å². The molecule has 0 saturated carbocycles. The zero-order valence-corrected chi connectivity index (χ0v) is 19.3. The highest BCUT2D eigenvalue weighted by Crippen LogP contribution is 2.38. The second-order valence-electron chi connectivity index (χ2n) is 8.47. The van der Waals surface area contributed by atoms with Gasteiger partial charge in [-0.05, 0) is 36.8 Å². The lowest BCUT2D eigenvalue weighted by molar-refractivity contribution is -0.384. The molecule has 182 valence electrons. The number of rotatable bonds is 7. The molecule has 1 amide bonds. The second-order valence-corrected chi connectivity index (χ2v) is 8.47. The number of carbonyl (C=O) groups is 1. The van der Waals surface area contributed by atoms with E-state index in [-0.39, 0.29) is 33.9 Å². The maximum atomic E-state index is 13.6. The number of fused-ring (bicyclic) bond motifs is 2. The summed E-state index contributed by atoms with van der Waals surface area (Å²) in [5.74, 6) is 0.170. The van der Waals surface area contributed by atoms with Crippen molar-refractivity contribution >= 4 is 22.6 Å². The highest BCUT2D eigenvalue weighted by molar-refractivity contribution is 5.99. The summed E-state index contributed by atoms with van der Waals surface area (Å²) in [5, 5.41) is 11.5. The Morgan fingerprint density at radius 2 is 1.83 bits per heavy atom. The van der Waals surface area contributed by atoms with Crippen LogP contribution in [0.2, 0.25) is 0 Å². The molecule has 10 heteroatoms. The van der Waals surface area contributed by atoms with Crippen LogP contribution in [0, 0.1) is 10.1 Å². The van der Waals surface area contributed by atoms with Gasteiger partial charge in [0, 0.05) is 44.4 Å². The highest BCUT2D eigenvalue weighted by Gasteiger charge is 2.42. The third-order valence-electron chi connectivity index (χ3n) is 6.43. The Balaban J connectivity index is 1.59. The molecule has 35 heavy (non-hydrogen) atoms. The largest absolute Gasteiger partial charge is 0.494 e. The van der Waals surface area contributed by atoms with E-state index in [2.05, 4.69) is 4.90 Å². The van der Waals surface area contributed by atoms with E-state index in [1.807, 2.05) is 6.92 Å². The fourth-order valence-electron chi connectivity index (χ4n) is 4.68. The normalized spacial score (nSPS) is 18.1. The third kappa shape index (κ3) is 4.26. The maximum absolute atomic E-state index is 13.6. The third-order valence-corrected chi connectivity index (χ3v) is 6.43. The van der Waals surface area contributed by atoms with E-state index < -0.39 is 11.0 Å². The molecule has 2 aliphatic rings. The van der Waals surface area contributed by atoms with Gasteiger partial charge in [0.15, 0.2) is 5.43 Å².